The van der Waals surface area contributed by atoms with Gasteiger partial charge in [-0.3, -0.25) is 14.8 Å². The third-order valence-electron chi connectivity index (χ3n) is 4.61. The van der Waals surface area contributed by atoms with Gasteiger partial charge in [-0.05, 0) is 61.9 Å². The lowest BCUT2D eigenvalue weighted by Gasteiger charge is -2.10. The maximum absolute atomic E-state index is 13.5. The summed E-state index contributed by atoms with van der Waals surface area (Å²) >= 11 is 1.28. The van der Waals surface area contributed by atoms with Crippen molar-refractivity contribution in [1.29, 1.82) is 0 Å². The van der Waals surface area contributed by atoms with Crippen molar-refractivity contribution in [2.45, 2.75) is 18.7 Å². The fourth-order valence-corrected chi connectivity index (χ4v) is 5.14. The van der Waals surface area contributed by atoms with Gasteiger partial charge >= 0.3 is 0 Å². The molecule has 4 aromatic rings. The number of rotatable bonds is 5. The Hall–Kier alpha value is -3.30. The van der Waals surface area contributed by atoms with E-state index >= 15 is 0 Å². The smallest absolute Gasteiger partial charge is 0.262 e. The molecule has 0 atom stereocenters. The molecule has 1 amide bonds. The normalized spacial score (nSPS) is 11.5. The van der Waals surface area contributed by atoms with Crippen LogP contribution in [-0.4, -0.2) is 19.3 Å². The number of carbonyl (C=O) groups is 1. The predicted molar refractivity (Wildman–Crippen MR) is 121 cm³/mol. The van der Waals surface area contributed by atoms with Crippen LogP contribution in [0.25, 0.3) is 10.2 Å². The van der Waals surface area contributed by atoms with E-state index in [4.69, 9.17) is 0 Å². The first-order valence-electron chi connectivity index (χ1n) is 9.29. The molecule has 0 aliphatic carbocycles. The van der Waals surface area contributed by atoms with Crippen molar-refractivity contribution < 1.29 is 17.6 Å². The molecule has 0 radical (unpaired) electrons. The molecule has 6 nitrogen and oxygen atoms in total. The lowest BCUT2D eigenvalue weighted by atomic mass is 10.1. The van der Waals surface area contributed by atoms with Crippen molar-refractivity contribution >= 4 is 48.3 Å². The standard InChI is InChI=1S/C22H18FN3O3S2/c1-13-3-6-15(7-4-13)21(27)25-22-24-18-12-17(9-10-19(18)30-22)26-31(28,29)20-11-16(23)8-5-14(20)2/h3-12,26H,1-2H3,(H,24,25,27). The van der Waals surface area contributed by atoms with Crippen LogP contribution >= 0.6 is 11.3 Å². The van der Waals surface area contributed by atoms with E-state index in [1.54, 1.807) is 37.3 Å². The van der Waals surface area contributed by atoms with Gasteiger partial charge in [-0.2, -0.15) is 0 Å². The van der Waals surface area contributed by atoms with Crippen LogP contribution in [0.5, 0.6) is 0 Å². The molecular weight excluding hydrogens is 437 g/mol. The lowest BCUT2D eigenvalue weighted by molar-refractivity contribution is 0.102. The lowest BCUT2D eigenvalue weighted by Crippen LogP contribution is -2.14. The van der Waals surface area contributed by atoms with Gasteiger partial charge < -0.3 is 0 Å². The number of halogens is 1. The number of hydrogen-bond acceptors (Lipinski definition) is 5. The van der Waals surface area contributed by atoms with Crippen LogP contribution < -0.4 is 10.0 Å². The Morgan fingerprint density at radius 1 is 1.00 bits per heavy atom. The summed E-state index contributed by atoms with van der Waals surface area (Å²) in [5.41, 5.74) is 2.83. The van der Waals surface area contributed by atoms with Gasteiger partial charge in [0.05, 0.1) is 20.8 Å². The third kappa shape index (κ3) is 4.57. The van der Waals surface area contributed by atoms with Crippen molar-refractivity contribution in [3.63, 3.8) is 0 Å². The number of hydrogen-bond donors (Lipinski definition) is 2. The van der Waals surface area contributed by atoms with Gasteiger partial charge in [0.15, 0.2) is 5.13 Å². The summed E-state index contributed by atoms with van der Waals surface area (Å²) < 4.78 is 42.2. The third-order valence-corrected chi connectivity index (χ3v) is 7.09. The minimum atomic E-state index is -3.97. The molecule has 0 bridgehead atoms. The van der Waals surface area contributed by atoms with Crippen LogP contribution in [0.1, 0.15) is 21.5 Å². The summed E-state index contributed by atoms with van der Waals surface area (Å²) in [5, 5.41) is 3.17. The number of benzene rings is 3. The predicted octanol–water partition coefficient (Wildman–Crippen LogP) is 5.11. The molecule has 158 valence electrons. The molecule has 2 N–H and O–H groups in total. The number of nitrogens with one attached hydrogen (secondary N) is 2. The zero-order valence-corrected chi connectivity index (χ0v) is 18.3. The number of sulfonamides is 1. The molecule has 0 aliphatic heterocycles. The van der Waals surface area contributed by atoms with Gasteiger partial charge in [0, 0.05) is 5.56 Å². The summed E-state index contributed by atoms with van der Waals surface area (Å²) in [7, 11) is -3.97. The highest BCUT2D eigenvalue weighted by atomic mass is 32.2. The Morgan fingerprint density at radius 2 is 1.74 bits per heavy atom. The van der Waals surface area contributed by atoms with Crippen LogP contribution in [-0.2, 0) is 10.0 Å². The summed E-state index contributed by atoms with van der Waals surface area (Å²) in [5.74, 6) is -0.906. The van der Waals surface area contributed by atoms with E-state index in [-0.39, 0.29) is 16.5 Å². The number of aromatic nitrogens is 1. The molecule has 0 spiro atoms. The van der Waals surface area contributed by atoms with E-state index in [2.05, 4.69) is 15.0 Å². The summed E-state index contributed by atoms with van der Waals surface area (Å²) in [6.07, 6.45) is 0. The maximum Gasteiger partial charge on any atom is 0.262 e. The minimum absolute atomic E-state index is 0.128. The monoisotopic (exact) mass is 455 g/mol. The van der Waals surface area contributed by atoms with E-state index in [0.29, 0.717) is 21.8 Å². The van der Waals surface area contributed by atoms with Crippen LogP contribution in [0, 0.1) is 19.7 Å². The first-order valence-corrected chi connectivity index (χ1v) is 11.6. The molecule has 1 heterocycles. The van der Waals surface area contributed by atoms with Gasteiger partial charge in [0.2, 0.25) is 0 Å². The van der Waals surface area contributed by atoms with Crippen molar-refractivity contribution in [3.8, 4) is 0 Å². The van der Waals surface area contributed by atoms with Crippen LogP contribution in [0.4, 0.5) is 15.2 Å². The van der Waals surface area contributed by atoms with Crippen molar-refractivity contribution in [1.82, 2.24) is 4.98 Å². The van der Waals surface area contributed by atoms with E-state index in [0.717, 1.165) is 16.3 Å². The van der Waals surface area contributed by atoms with Crippen molar-refractivity contribution in [2.24, 2.45) is 0 Å². The molecule has 0 unspecified atom stereocenters. The van der Waals surface area contributed by atoms with E-state index < -0.39 is 15.8 Å². The number of aryl methyl sites for hydroxylation is 2. The van der Waals surface area contributed by atoms with Gasteiger partial charge in [0.1, 0.15) is 5.82 Å². The van der Waals surface area contributed by atoms with Gasteiger partial charge in [-0.1, -0.05) is 35.1 Å². The number of anilines is 2. The van der Waals surface area contributed by atoms with Gasteiger partial charge in [0.25, 0.3) is 15.9 Å². The number of fused-ring (bicyclic) bond motifs is 1. The first-order chi connectivity index (χ1) is 14.7. The second-order valence-corrected chi connectivity index (χ2v) is 9.72. The average molecular weight is 456 g/mol. The second-order valence-electron chi connectivity index (χ2n) is 7.04. The molecule has 0 saturated heterocycles. The highest BCUT2D eigenvalue weighted by molar-refractivity contribution is 7.92. The van der Waals surface area contributed by atoms with Gasteiger partial charge in [-0.15, -0.1) is 0 Å². The van der Waals surface area contributed by atoms with Crippen LogP contribution in [0.3, 0.4) is 0 Å². The molecule has 1 aromatic heterocycles. The average Bonchev–Trinajstić information content (AvgIpc) is 3.11. The molecular formula is C22H18FN3O3S2. The Morgan fingerprint density at radius 3 is 2.48 bits per heavy atom. The highest BCUT2D eigenvalue weighted by Crippen LogP contribution is 2.29. The minimum Gasteiger partial charge on any atom is -0.298 e. The molecule has 4 rings (SSSR count). The molecule has 31 heavy (non-hydrogen) atoms. The van der Waals surface area contributed by atoms with E-state index in [1.807, 2.05) is 19.1 Å². The Balaban J connectivity index is 1.57. The largest absolute Gasteiger partial charge is 0.298 e. The molecule has 0 saturated carbocycles. The summed E-state index contributed by atoms with van der Waals surface area (Å²) in [6, 6.07) is 15.7. The maximum atomic E-state index is 13.5. The number of nitrogens with zero attached hydrogens (tertiary/aromatic N) is 1. The fourth-order valence-electron chi connectivity index (χ4n) is 2.99. The quantitative estimate of drug-likeness (QED) is 0.438. The van der Waals surface area contributed by atoms with Crippen molar-refractivity contribution in [3.05, 3.63) is 83.2 Å². The highest BCUT2D eigenvalue weighted by Gasteiger charge is 2.18. The van der Waals surface area contributed by atoms with Crippen LogP contribution in [0.2, 0.25) is 0 Å². The summed E-state index contributed by atoms with van der Waals surface area (Å²) in [6.45, 7) is 3.54. The van der Waals surface area contributed by atoms with E-state index in [9.17, 15) is 17.6 Å². The van der Waals surface area contributed by atoms with Gasteiger partial charge in [-0.25, -0.2) is 17.8 Å². The Labute approximate surface area is 182 Å². The van der Waals surface area contributed by atoms with Crippen LogP contribution in [0.15, 0.2) is 65.6 Å². The Bertz CT molecular complexity index is 1400. The number of carbonyl (C=O) groups excluding carboxylic acids is 1. The zero-order chi connectivity index (χ0) is 22.2. The second kappa shape index (κ2) is 8.09. The SMILES string of the molecule is Cc1ccc(C(=O)Nc2nc3cc(NS(=O)(=O)c4cc(F)ccc4C)ccc3s2)cc1. The number of amides is 1. The molecule has 3 aromatic carbocycles. The van der Waals surface area contributed by atoms with E-state index in [1.165, 1.54) is 23.5 Å². The summed E-state index contributed by atoms with van der Waals surface area (Å²) in [4.78, 5) is 16.7. The zero-order valence-electron chi connectivity index (χ0n) is 16.6. The molecule has 0 aliphatic rings. The van der Waals surface area contributed by atoms with Crippen molar-refractivity contribution in [2.75, 3.05) is 10.0 Å². The topological polar surface area (TPSA) is 88.2 Å². The fraction of sp³-hybridized carbons (Fsp3) is 0.0909. The Kier molecular flexibility index (Phi) is 5.47. The number of thiazole rings is 1. The molecule has 0 fully saturated rings. The first kappa shape index (κ1) is 21.0. The molecule has 9 heteroatoms.